The lowest BCUT2D eigenvalue weighted by Gasteiger charge is -2.24. The van der Waals surface area contributed by atoms with E-state index in [1.807, 2.05) is 68.4 Å². The number of amidine groups is 1. The summed E-state index contributed by atoms with van der Waals surface area (Å²) in [6, 6.07) is 16.8. The largest absolute Gasteiger partial charge is 0.383 e. The van der Waals surface area contributed by atoms with Crippen LogP contribution >= 0.6 is 0 Å². The highest BCUT2D eigenvalue weighted by atomic mass is 16.2. The van der Waals surface area contributed by atoms with Crippen molar-refractivity contribution < 1.29 is 4.79 Å². The van der Waals surface area contributed by atoms with Gasteiger partial charge in [0, 0.05) is 12.2 Å². The Balaban J connectivity index is 1.70. The number of benzene rings is 2. The number of nitrogens with one attached hydrogen (secondary N) is 3. The van der Waals surface area contributed by atoms with Gasteiger partial charge < -0.3 is 21.7 Å². The lowest BCUT2D eigenvalue weighted by molar-refractivity contribution is -0.123. The number of rotatable bonds is 8. The highest BCUT2D eigenvalue weighted by molar-refractivity contribution is 6.32. The third-order valence-electron chi connectivity index (χ3n) is 5.06. The Bertz CT molecular complexity index is 838. The highest BCUT2D eigenvalue weighted by Crippen LogP contribution is 2.17. The molecular weight excluding hydrogens is 361 g/mol. The van der Waals surface area contributed by atoms with Crippen LogP contribution < -0.4 is 27.1 Å². The summed E-state index contributed by atoms with van der Waals surface area (Å²) in [5, 5.41) is 9.87. The monoisotopic (exact) mass is 389 g/mol. The zero-order valence-corrected chi connectivity index (χ0v) is 16.9. The first-order valence-corrected chi connectivity index (χ1v) is 9.95. The number of para-hydroxylation sites is 1. The second-order valence-corrected chi connectivity index (χ2v) is 7.67. The van der Waals surface area contributed by atoms with Gasteiger partial charge >= 0.3 is 0 Å². The van der Waals surface area contributed by atoms with Crippen LogP contribution in [0.4, 0.5) is 5.69 Å². The predicted octanol–water partition coefficient (Wildman–Crippen LogP) is 1.10. The van der Waals surface area contributed by atoms with E-state index in [0.29, 0.717) is 13.1 Å². The molecule has 2 aromatic rings. The Kier molecular flexibility index (Phi) is 6.93. The van der Waals surface area contributed by atoms with Crippen LogP contribution in [0.15, 0.2) is 59.6 Å². The molecule has 0 aromatic heterocycles. The molecule has 6 nitrogen and oxygen atoms in total. The maximum Gasteiger partial charge on any atom is 0.237 e. The lowest BCUT2D eigenvalue weighted by atomic mass is 9.94. The van der Waals surface area contributed by atoms with Crippen LogP contribution in [0.5, 0.6) is 0 Å². The molecule has 1 unspecified atom stereocenters. The molecule has 5 N–H and O–H groups in total. The number of carbonyl (C=O) groups is 1. The van der Waals surface area contributed by atoms with E-state index in [-0.39, 0.29) is 23.9 Å². The predicted molar refractivity (Wildman–Crippen MR) is 120 cm³/mol. The molecule has 150 valence electrons. The highest BCUT2D eigenvalue weighted by Gasteiger charge is 2.28. The average Bonchev–Trinajstić information content (AvgIpc) is 3.21. The normalized spacial score (nSPS) is 17.9. The molecule has 29 heavy (non-hydrogen) atoms. The molecule has 7 heteroatoms. The van der Waals surface area contributed by atoms with Gasteiger partial charge in [-0.15, -0.1) is 0 Å². The summed E-state index contributed by atoms with van der Waals surface area (Å²) in [6.45, 7) is 4.97. The van der Waals surface area contributed by atoms with Crippen molar-refractivity contribution in [3.05, 3.63) is 60.2 Å². The van der Waals surface area contributed by atoms with Gasteiger partial charge in [0.1, 0.15) is 19.7 Å². The van der Waals surface area contributed by atoms with Gasteiger partial charge in [-0.25, -0.2) is 0 Å². The van der Waals surface area contributed by atoms with E-state index in [1.54, 1.807) is 0 Å². The number of hydrogen-bond acceptors (Lipinski definition) is 5. The topological polar surface area (TPSA) is 91.5 Å². The van der Waals surface area contributed by atoms with Gasteiger partial charge in [0.2, 0.25) is 5.91 Å². The Hall–Kier alpha value is -2.80. The fourth-order valence-corrected chi connectivity index (χ4v) is 3.15. The summed E-state index contributed by atoms with van der Waals surface area (Å²) in [7, 11) is 5.79. The molecule has 0 saturated heterocycles. The fourth-order valence-electron chi connectivity index (χ4n) is 3.15. The van der Waals surface area contributed by atoms with Crippen LogP contribution in [-0.4, -0.2) is 44.8 Å². The van der Waals surface area contributed by atoms with E-state index >= 15 is 0 Å². The molecule has 2 aromatic carbocycles. The number of carbonyl (C=O) groups excluding carboxylic acids is 1. The molecule has 3 rings (SSSR count). The van der Waals surface area contributed by atoms with Crippen LogP contribution in [-0.2, 0) is 4.79 Å². The number of aliphatic imine (C=N–C) groups is 1. The van der Waals surface area contributed by atoms with Crippen molar-refractivity contribution in [2.75, 3.05) is 18.4 Å². The van der Waals surface area contributed by atoms with Gasteiger partial charge in [-0.3, -0.25) is 9.79 Å². The van der Waals surface area contributed by atoms with Crippen molar-refractivity contribution in [3.8, 4) is 0 Å². The van der Waals surface area contributed by atoms with E-state index in [2.05, 4.69) is 20.9 Å². The molecule has 1 aliphatic heterocycles. The smallest absolute Gasteiger partial charge is 0.237 e. The molecule has 1 heterocycles. The molecule has 0 bridgehead atoms. The zero-order chi connectivity index (χ0) is 20.8. The van der Waals surface area contributed by atoms with Crippen molar-refractivity contribution in [3.63, 3.8) is 0 Å². The van der Waals surface area contributed by atoms with Gasteiger partial charge in [-0.2, -0.15) is 0 Å². The van der Waals surface area contributed by atoms with Gasteiger partial charge in [0.05, 0.1) is 18.6 Å². The minimum atomic E-state index is -0.566. The van der Waals surface area contributed by atoms with E-state index in [4.69, 9.17) is 13.6 Å². The molecule has 0 spiro atoms. The second kappa shape index (κ2) is 9.61. The van der Waals surface area contributed by atoms with Crippen LogP contribution in [0, 0.1) is 5.92 Å². The maximum atomic E-state index is 12.6. The van der Waals surface area contributed by atoms with Crippen LogP contribution in [0.3, 0.4) is 0 Å². The fraction of sp³-hybridized carbons (Fsp3) is 0.364. The molecular formula is C22H28BN5O. The van der Waals surface area contributed by atoms with Crippen molar-refractivity contribution in [1.29, 1.82) is 0 Å². The number of hydrogen-bond donors (Lipinski definition) is 4. The van der Waals surface area contributed by atoms with Crippen LogP contribution in [0.2, 0.25) is 0 Å². The Labute approximate surface area is 173 Å². The third kappa shape index (κ3) is 5.61. The lowest BCUT2D eigenvalue weighted by Crippen LogP contribution is -2.54. The summed E-state index contributed by atoms with van der Waals surface area (Å²) < 4.78 is 0. The van der Waals surface area contributed by atoms with E-state index in [9.17, 15) is 4.79 Å². The summed E-state index contributed by atoms with van der Waals surface area (Å²) in [4.78, 5) is 17.3. The van der Waals surface area contributed by atoms with Crippen molar-refractivity contribution >= 4 is 30.7 Å². The Morgan fingerprint density at radius 2 is 1.90 bits per heavy atom. The quantitative estimate of drug-likeness (QED) is 0.509. The number of anilines is 1. The summed E-state index contributed by atoms with van der Waals surface area (Å²) in [5.74, 6) is 0.624. The van der Waals surface area contributed by atoms with Gasteiger partial charge in [-0.05, 0) is 23.6 Å². The summed E-state index contributed by atoms with van der Waals surface area (Å²) >= 11 is 0. The minimum absolute atomic E-state index is 0.0544. The third-order valence-corrected chi connectivity index (χ3v) is 5.06. The second-order valence-electron chi connectivity index (χ2n) is 7.67. The Morgan fingerprint density at radius 3 is 2.55 bits per heavy atom. The minimum Gasteiger partial charge on any atom is -0.383 e. The van der Waals surface area contributed by atoms with E-state index < -0.39 is 6.04 Å². The summed E-state index contributed by atoms with van der Waals surface area (Å²) in [6.07, 6.45) is 0. The maximum absolute atomic E-state index is 12.6. The molecule has 0 saturated carbocycles. The first-order chi connectivity index (χ1) is 13.9. The van der Waals surface area contributed by atoms with Crippen molar-refractivity contribution in [1.82, 2.24) is 10.6 Å². The van der Waals surface area contributed by atoms with Crippen molar-refractivity contribution in [2.24, 2.45) is 16.6 Å². The van der Waals surface area contributed by atoms with Crippen LogP contribution in [0.1, 0.15) is 25.5 Å². The van der Waals surface area contributed by atoms with E-state index in [0.717, 1.165) is 22.5 Å². The molecule has 1 aliphatic rings. The SMILES string of the molecule is [B]c1ccc(C2CN=C([C@H](CNc3ccccc3)NC(=O)[C@@H](N)C(C)C)N2)cc1. The molecule has 0 aliphatic carbocycles. The Morgan fingerprint density at radius 1 is 1.21 bits per heavy atom. The molecule has 3 atom stereocenters. The summed E-state index contributed by atoms with van der Waals surface area (Å²) in [5.41, 5.74) is 8.86. The molecule has 1 amide bonds. The van der Waals surface area contributed by atoms with E-state index in [1.165, 1.54) is 0 Å². The molecule has 0 fully saturated rings. The first-order valence-electron chi connectivity index (χ1n) is 9.95. The standard InChI is InChI=1S/C22H28BN5O/c1-14(2)20(24)22(29)28-19(13-25-17-6-4-3-5-7-17)21-26-12-18(27-21)15-8-10-16(23)11-9-15/h3-11,14,18-20,25H,12-13,24H2,1-2H3,(H,26,27)(H,28,29)/t18?,19-,20-/m0/s1. The van der Waals surface area contributed by atoms with Crippen molar-refractivity contribution in [2.45, 2.75) is 32.0 Å². The molecule has 2 radical (unpaired) electrons. The first kappa shape index (κ1) is 20.9. The number of nitrogens with two attached hydrogens (primary N) is 1. The van der Waals surface area contributed by atoms with Crippen LogP contribution in [0.25, 0.3) is 0 Å². The zero-order valence-electron chi connectivity index (χ0n) is 16.9. The van der Waals surface area contributed by atoms with Gasteiger partial charge in [0.25, 0.3) is 0 Å². The number of nitrogens with zero attached hydrogens (tertiary/aromatic N) is 1. The van der Waals surface area contributed by atoms with Gasteiger partial charge in [-0.1, -0.05) is 61.8 Å². The average molecular weight is 389 g/mol. The van der Waals surface area contributed by atoms with Gasteiger partial charge in [0.15, 0.2) is 0 Å². The number of amides is 1.